The van der Waals surface area contributed by atoms with Crippen molar-refractivity contribution in [3.63, 3.8) is 0 Å². The van der Waals surface area contributed by atoms with Crippen molar-refractivity contribution in [1.82, 2.24) is 0 Å². The van der Waals surface area contributed by atoms with Crippen LogP contribution < -0.4 is 0 Å². The summed E-state index contributed by atoms with van der Waals surface area (Å²) in [5.41, 5.74) is 0.863. The topological polar surface area (TPSA) is 96.0 Å². The predicted molar refractivity (Wildman–Crippen MR) is 99.8 cm³/mol. The van der Waals surface area contributed by atoms with Crippen LogP contribution in [0.15, 0.2) is 30.3 Å². The number of thioether (sulfide) groups is 1. The first-order chi connectivity index (χ1) is 12.8. The van der Waals surface area contributed by atoms with E-state index in [-0.39, 0.29) is 31.1 Å². The highest BCUT2D eigenvalue weighted by atomic mass is 32.2. The van der Waals surface area contributed by atoms with Crippen molar-refractivity contribution in [2.45, 2.75) is 45.5 Å². The average Bonchev–Trinajstić information content (AvgIpc) is 2.64. The minimum absolute atomic E-state index is 0.0304. The van der Waals surface area contributed by atoms with Crippen LogP contribution >= 0.6 is 11.8 Å². The molecule has 1 aromatic rings. The van der Waals surface area contributed by atoms with Crippen LogP contribution in [0.1, 0.15) is 39.2 Å². The molecule has 148 valence electrons. The molecular formula is C19H24O7S. The molecule has 0 N–H and O–H groups in total. The van der Waals surface area contributed by atoms with E-state index < -0.39 is 29.3 Å². The Balaban J connectivity index is 2.22. The summed E-state index contributed by atoms with van der Waals surface area (Å²) < 4.78 is 14.5. The standard InChI is InChI=1S/C19H24O7S/c1-13(2)18(22)25-12-26-19(23)27-14(3)16(20)9-10-17(21)24-11-15-7-5-4-6-8-15/h4-8,13-14H,9-12H2,1-3H3. The minimum Gasteiger partial charge on any atom is -0.461 e. The number of carbonyl (C=O) groups excluding carboxylic acids is 4. The molecule has 1 unspecified atom stereocenters. The van der Waals surface area contributed by atoms with E-state index >= 15 is 0 Å². The first-order valence-electron chi connectivity index (χ1n) is 8.52. The van der Waals surface area contributed by atoms with Gasteiger partial charge < -0.3 is 14.2 Å². The van der Waals surface area contributed by atoms with Gasteiger partial charge in [0.2, 0.25) is 6.79 Å². The van der Waals surface area contributed by atoms with Crippen LogP contribution in [0.25, 0.3) is 0 Å². The second-order valence-electron chi connectivity index (χ2n) is 6.00. The van der Waals surface area contributed by atoms with E-state index in [1.807, 2.05) is 30.3 Å². The second kappa shape index (κ2) is 12.1. The van der Waals surface area contributed by atoms with Gasteiger partial charge in [-0.3, -0.25) is 14.4 Å². The van der Waals surface area contributed by atoms with Crippen molar-refractivity contribution >= 4 is 34.8 Å². The highest BCUT2D eigenvalue weighted by molar-refractivity contribution is 8.14. The molecule has 27 heavy (non-hydrogen) atoms. The van der Waals surface area contributed by atoms with Gasteiger partial charge in [0.1, 0.15) is 12.4 Å². The molecular weight excluding hydrogens is 372 g/mol. The predicted octanol–water partition coefficient (Wildman–Crippen LogP) is 3.49. The van der Waals surface area contributed by atoms with Crippen molar-refractivity contribution in [1.29, 1.82) is 0 Å². The van der Waals surface area contributed by atoms with Crippen LogP contribution in [0, 0.1) is 5.92 Å². The largest absolute Gasteiger partial charge is 0.461 e. The molecule has 0 aliphatic carbocycles. The molecule has 0 fully saturated rings. The maximum absolute atomic E-state index is 12.0. The van der Waals surface area contributed by atoms with Crippen LogP contribution in [-0.4, -0.2) is 35.1 Å². The van der Waals surface area contributed by atoms with Gasteiger partial charge in [0, 0.05) is 6.42 Å². The van der Waals surface area contributed by atoms with Gasteiger partial charge in [-0.25, -0.2) is 4.79 Å². The molecule has 1 aromatic carbocycles. The molecule has 0 aliphatic rings. The van der Waals surface area contributed by atoms with Gasteiger partial charge in [-0.2, -0.15) is 0 Å². The van der Waals surface area contributed by atoms with Gasteiger partial charge in [0.05, 0.1) is 17.6 Å². The fraction of sp³-hybridized carbons (Fsp3) is 0.474. The van der Waals surface area contributed by atoms with E-state index in [9.17, 15) is 19.2 Å². The maximum Gasteiger partial charge on any atom is 0.370 e. The lowest BCUT2D eigenvalue weighted by atomic mass is 10.2. The Hall–Kier alpha value is -2.35. The Morgan fingerprint density at radius 1 is 0.926 bits per heavy atom. The highest BCUT2D eigenvalue weighted by Gasteiger charge is 2.20. The van der Waals surface area contributed by atoms with E-state index in [4.69, 9.17) is 14.2 Å². The van der Waals surface area contributed by atoms with Gasteiger partial charge in [0.15, 0.2) is 0 Å². The molecule has 1 rings (SSSR count). The Labute approximate surface area is 162 Å². The Bertz CT molecular complexity index is 643. The van der Waals surface area contributed by atoms with Crippen molar-refractivity contribution in [3.8, 4) is 0 Å². The van der Waals surface area contributed by atoms with Crippen LogP contribution in [0.3, 0.4) is 0 Å². The third kappa shape index (κ3) is 9.79. The summed E-state index contributed by atoms with van der Waals surface area (Å²) in [6.07, 6.45) is -0.0883. The first-order valence-corrected chi connectivity index (χ1v) is 9.40. The van der Waals surface area contributed by atoms with E-state index in [0.29, 0.717) is 11.8 Å². The molecule has 0 saturated carbocycles. The Morgan fingerprint density at radius 2 is 1.59 bits per heavy atom. The zero-order valence-corrected chi connectivity index (χ0v) is 16.5. The van der Waals surface area contributed by atoms with Gasteiger partial charge >= 0.3 is 17.2 Å². The molecule has 0 heterocycles. The number of ether oxygens (including phenoxy) is 3. The van der Waals surface area contributed by atoms with Crippen LogP contribution in [0.5, 0.6) is 0 Å². The molecule has 0 aliphatic heterocycles. The normalized spacial score (nSPS) is 11.6. The quantitative estimate of drug-likeness (QED) is 0.438. The monoisotopic (exact) mass is 396 g/mol. The highest BCUT2D eigenvalue weighted by Crippen LogP contribution is 2.17. The van der Waals surface area contributed by atoms with Gasteiger partial charge in [0.25, 0.3) is 0 Å². The number of hydrogen-bond donors (Lipinski definition) is 0. The lowest BCUT2D eigenvalue weighted by Gasteiger charge is -2.11. The third-order valence-electron chi connectivity index (χ3n) is 3.39. The lowest BCUT2D eigenvalue weighted by molar-refractivity contribution is -0.155. The number of carbonyl (C=O) groups is 4. The summed E-state index contributed by atoms with van der Waals surface area (Å²) in [6.45, 7) is 4.52. The van der Waals surface area contributed by atoms with Crippen LogP contribution in [-0.2, 0) is 35.2 Å². The van der Waals surface area contributed by atoms with Crippen molar-refractivity contribution in [2.75, 3.05) is 6.79 Å². The molecule has 0 saturated heterocycles. The summed E-state index contributed by atoms with van der Waals surface area (Å²) >= 11 is 0.676. The van der Waals surface area contributed by atoms with Crippen molar-refractivity contribution < 1.29 is 33.4 Å². The fourth-order valence-electron chi connectivity index (χ4n) is 1.79. The minimum atomic E-state index is -0.723. The zero-order valence-electron chi connectivity index (χ0n) is 15.6. The van der Waals surface area contributed by atoms with Gasteiger partial charge in [-0.15, -0.1) is 0 Å². The summed E-state index contributed by atoms with van der Waals surface area (Å²) in [5, 5.41) is -1.40. The van der Waals surface area contributed by atoms with Gasteiger partial charge in [-0.05, 0) is 24.2 Å². The molecule has 0 radical (unpaired) electrons. The molecule has 0 aromatic heterocycles. The molecule has 0 spiro atoms. The summed E-state index contributed by atoms with van der Waals surface area (Å²) in [6, 6.07) is 9.22. The smallest absolute Gasteiger partial charge is 0.370 e. The number of hydrogen-bond acceptors (Lipinski definition) is 8. The Kier molecular flexibility index (Phi) is 10.2. The maximum atomic E-state index is 12.0. The van der Waals surface area contributed by atoms with Crippen molar-refractivity contribution in [3.05, 3.63) is 35.9 Å². The third-order valence-corrected chi connectivity index (χ3v) is 4.32. The number of ketones is 1. The molecule has 1 atom stereocenters. The van der Waals surface area contributed by atoms with Gasteiger partial charge in [-0.1, -0.05) is 44.2 Å². The number of rotatable bonds is 10. The lowest BCUT2D eigenvalue weighted by Crippen LogP contribution is -2.19. The van der Waals surface area contributed by atoms with E-state index in [0.717, 1.165) is 5.56 Å². The van der Waals surface area contributed by atoms with Crippen molar-refractivity contribution in [2.24, 2.45) is 5.92 Å². The fourth-order valence-corrected chi connectivity index (χ4v) is 2.44. The van der Waals surface area contributed by atoms with Crippen LogP contribution in [0.4, 0.5) is 4.79 Å². The van der Waals surface area contributed by atoms with E-state index in [1.54, 1.807) is 20.8 Å². The summed E-state index contributed by atoms with van der Waals surface area (Å²) in [7, 11) is 0. The Morgan fingerprint density at radius 3 is 2.22 bits per heavy atom. The van der Waals surface area contributed by atoms with E-state index in [2.05, 4.69) is 0 Å². The zero-order chi connectivity index (χ0) is 20.2. The summed E-state index contributed by atoms with van der Waals surface area (Å²) in [5.74, 6) is -1.55. The molecule has 0 bridgehead atoms. The van der Waals surface area contributed by atoms with E-state index in [1.165, 1.54) is 0 Å². The molecule has 8 heteroatoms. The molecule has 0 amide bonds. The SMILES string of the molecule is CC(C)C(=O)OCOC(=O)SC(C)C(=O)CCC(=O)OCc1ccccc1. The average molecular weight is 396 g/mol. The number of benzene rings is 1. The second-order valence-corrected chi connectivity index (χ2v) is 7.28. The summed E-state index contributed by atoms with van der Waals surface area (Å²) in [4.78, 5) is 46.6. The molecule has 7 nitrogen and oxygen atoms in total. The number of esters is 2. The number of Topliss-reactive ketones (excluding diaryl/α,β-unsaturated/α-hetero) is 1. The van der Waals surface area contributed by atoms with Crippen LogP contribution in [0.2, 0.25) is 0 Å². The first kappa shape index (κ1) is 22.7.